The molecule has 1 N–H and O–H groups in total. The van der Waals surface area contributed by atoms with Crippen LogP contribution in [0.5, 0.6) is 0 Å². The summed E-state index contributed by atoms with van der Waals surface area (Å²) in [7, 11) is -1.96. The van der Waals surface area contributed by atoms with Gasteiger partial charge in [0.1, 0.15) is 0 Å². The minimum atomic E-state index is -3.53. The maximum atomic E-state index is 12.4. The molecule has 0 aliphatic carbocycles. The Bertz CT molecular complexity index is 494. The van der Waals surface area contributed by atoms with Gasteiger partial charge in [0.25, 0.3) is 10.0 Å². The van der Waals surface area contributed by atoms with Crippen LogP contribution in [-0.2, 0) is 17.1 Å². The molecular weight excluding hydrogens is 310 g/mol. The molecule has 0 amide bonds. The van der Waals surface area contributed by atoms with E-state index in [1.807, 2.05) is 6.92 Å². The Hall–Kier alpha value is -0.510. The predicted molar refractivity (Wildman–Crippen MR) is 64.9 cm³/mol. The van der Waals surface area contributed by atoms with Crippen LogP contribution in [0.4, 0.5) is 0 Å². The Morgan fingerprint density at radius 1 is 1.53 bits per heavy atom. The Kier molecular flexibility index (Phi) is 3.53. The molecule has 0 saturated carbocycles. The number of hydrogen-bond acceptors (Lipinski definition) is 5. The van der Waals surface area contributed by atoms with E-state index in [9.17, 15) is 8.42 Å². The zero-order valence-corrected chi connectivity index (χ0v) is 12.0. The predicted octanol–water partition coefficient (Wildman–Crippen LogP) is -0.440. The molecule has 1 aromatic heterocycles. The fourth-order valence-corrected chi connectivity index (χ4v) is 4.40. The van der Waals surface area contributed by atoms with Crippen LogP contribution in [0.15, 0.2) is 9.63 Å². The summed E-state index contributed by atoms with van der Waals surface area (Å²) in [5.74, 6) is 0. The fourth-order valence-electron chi connectivity index (χ4n) is 1.83. The summed E-state index contributed by atoms with van der Waals surface area (Å²) in [5.41, 5.74) is 0. The molecule has 0 spiro atoms. The van der Waals surface area contributed by atoms with Gasteiger partial charge in [-0.3, -0.25) is 0 Å². The number of aromatic nitrogens is 3. The Morgan fingerprint density at radius 2 is 2.24 bits per heavy atom. The van der Waals surface area contributed by atoms with Crippen molar-refractivity contribution in [1.82, 2.24) is 24.6 Å². The Morgan fingerprint density at radius 3 is 2.76 bits per heavy atom. The summed E-state index contributed by atoms with van der Waals surface area (Å²) in [5, 5.41) is 10.7. The molecule has 0 unspecified atom stereocenters. The van der Waals surface area contributed by atoms with Crippen molar-refractivity contribution in [2.45, 2.75) is 18.0 Å². The number of piperazine rings is 1. The van der Waals surface area contributed by atoms with Gasteiger partial charge in [-0.05, 0) is 22.9 Å². The lowest BCUT2D eigenvalue weighted by Gasteiger charge is -2.30. The van der Waals surface area contributed by atoms with Gasteiger partial charge in [-0.1, -0.05) is 5.21 Å². The molecule has 1 fully saturated rings. The number of hydrogen-bond donors (Lipinski definition) is 1. The molecular formula is C8H14BrN5O2S. The molecule has 96 valence electrons. The first-order chi connectivity index (χ1) is 7.93. The quantitative estimate of drug-likeness (QED) is 0.798. The first-order valence-electron chi connectivity index (χ1n) is 5.21. The van der Waals surface area contributed by atoms with Crippen LogP contribution in [-0.4, -0.2) is 53.4 Å². The average Bonchev–Trinajstić information content (AvgIpc) is 2.59. The summed E-state index contributed by atoms with van der Waals surface area (Å²) < 4.78 is 27.8. The van der Waals surface area contributed by atoms with Crippen LogP contribution in [0.3, 0.4) is 0 Å². The molecule has 1 atom stereocenters. The monoisotopic (exact) mass is 323 g/mol. The molecule has 7 nitrogen and oxygen atoms in total. The van der Waals surface area contributed by atoms with Crippen molar-refractivity contribution in [2.75, 3.05) is 19.6 Å². The zero-order chi connectivity index (χ0) is 12.6. The highest BCUT2D eigenvalue weighted by molar-refractivity contribution is 9.10. The maximum absolute atomic E-state index is 12.4. The minimum Gasteiger partial charge on any atom is -0.312 e. The van der Waals surface area contributed by atoms with Crippen molar-refractivity contribution >= 4 is 26.0 Å². The van der Waals surface area contributed by atoms with Gasteiger partial charge in [-0.2, -0.15) is 4.31 Å². The van der Waals surface area contributed by atoms with Crippen LogP contribution in [0.1, 0.15) is 6.92 Å². The van der Waals surface area contributed by atoms with E-state index in [4.69, 9.17) is 0 Å². The minimum absolute atomic E-state index is 0.103. The molecule has 0 bridgehead atoms. The second-order valence-corrected chi connectivity index (χ2v) is 6.63. The smallest absolute Gasteiger partial charge is 0.263 e. The van der Waals surface area contributed by atoms with E-state index in [2.05, 4.69) is 31.6 Å². The standard InChI is InChI=1S/C8H14BrN5O2S/c1-6-5-14(4-3-10-6)17(15,16)8-7(9)11-12-13(8)2/h6,10H,3-5H2,1-2H3/t6-/m1/s1. The van der Waals surface area contributed by atoms with Crippen LogP contribution >= 0.6 is 15.9 Å². The molecule has 17 heavy (non-hydrogen) atoms. The summed E-state index contributed by atoms with van der Waals surface area (Å²) in [4.78, 5) is 0. The first-order valence-corrected chi connectivity index (χ1v) is 7.45. The van der Waals surface area contributed by atoms with Crippen molar-refractivity contribution < 1.29 is 8.42 Å². The van der Waals surface area contributed by atoms with Crippen LogP contribution in [0.25, 0.3) is 0 Å². The number of nitrogens with zero attached hydrogens (tertiary/aromatic N) is 4. The molecule has 1 aliphatic heterocycles. The Balaban J connectivity index is 2.36. The lowest BCUT2D eigenvalue weighted by Crippen LogP contribution is -2.51. The molecule has 1 aromatic rings. The third-order valence-corrected chi connectivity index (χ3v) is 5.41. The van der Waals surface area contributed by atoms with E-state index in [1.165, 1.54) is 8.99 Å². The largest absolute Gasteiger partial charge is 0.312 e. The van der Waals surface area contributed by atoms with Gasteiger partial charge in [0, 0.05) is 32.7 Å². The number of aryl methyl sites for hydroxylation is 1. The fraction of sp³-hybridized carbons (Fsp3) is 0.750. The lowest BCUT2D eigenvalue weighted by atomic mass is 10.3. The molecule has 0 radical (unpaired) electrons. The van der Waals surface area contributed by atoms with Gasteiger partial charge in [0.2, 0.25) is 5.03 Å². The third kappa shape index (κ3) is 2.37. The lowest BCUT2D eigenvalue weighted by molar-refractivity contribution is 0.308. The van der Waals surface area contributed by atoms with E-state index in [0.717, 1.165) is 0 Å². The SMILES string of the molecule is C[C@@H]1CN(S(=O)(=O)c2c(Br)nnn2C)CCN1. The van der Waals surface area contributed by atoms with Crippen molar-refractivity contribution in [1.29, 1.82) is 0 Å². The van der Waals surface area contributed by atoms with Crippen LogP contribution in [0.2, 0.25) is 0 Å². The number of rotatable bonds is 2. The highest BCUT2D eigenvalue weighted by atomic mass is 79.9. The summed E-state index contributed by atoms with van der Waals surface area (Å²) in [6.45, 7) is 3.53. The van der Waals surface area contributed by atoms with Crippen molar-refractivity contribution in [3.63, 3.8) is 0 Å². The molecule has 2 heterocycles. The van der Waals surface area contributed by atoms with Crippen molar-refractivity contribution in [2.24, 2.45) is 7.05 Å². The highest BCUT2D eigenvalue weighted by Gasteiger charge is 2.33. The number of nitrogens with one attached hydrogen (secondary N) is 1. The molecule has 9 heteroatoms. The van der Waals surface area contributed by atoms with E-state index in [-0.39, 0.29) is 15.7 Å². The average molecular weight is 324 g/mol. The van der Waals surface area contributed by atoms with Crippen molar-refractivity contribution in [3.8, 4) is 0 Å². The van der Waals surface area contributed by atoms with E-state index < -0.39 is 10.0 Å². The van der Waals surface area contributed by atoms with Gasteiger partial charge >= 0.3 is 0 Å². The van der Waals surface area contributed by atoms with Gasteiger partial charge in [-0.25, -0.2) is 13.1 Å². The summed E-state index contributed by atoms with van der Waals surface area (Å²) in [6, 6.07) is 0.151. The van der Waals surface area contributed by atoms with Crippen LogP contribution < -0.4 is 5.32 Å². The molecule has 1 saturated heterocycles. The number of sulfonamides is 1. The first kappa shape index (κ1) is 12.9. The third-order valence-electron chi connectivity index (χ3n) is 2.65. The second kappa shape index (κ2) is 4.63. The highest BCUT2D eigenvalue weighted by Crippen LogP contribution is 2.22. The van der Waals surface area contributed by atoms with Crippen LogP contribution in [0, 0.1) is 0 Å². The van der Waals surface area contributed by atoms with E-state index in [1.54, 1.807) is 7.05 Å². The normalized spacial score (nSPS) is 22.9. The van der Waals surface area contributed by atoms with Gasteiger partial charge in [0.05, 0.1) is 0 Å². The summed E-state index contributed by atoms with van der Waals surface area (Å²) in [6.07, 6.45) is 0. The number of halogens is 1. The second-order valence-electron chi connectivity index (χ2n) is 4.03. The maximum Gasteiger partial charge on any atom is 0.263 e. The zero-order valence-electron chi connectivity index (χ0n) is 9.59. The molecule has 2 rings (SSSR count). The van der Waals surface area contributed by atoms with Gasteiger partial charge in [0.15, 0.2) is 4.60 Å². The summed E-state index contributed by atoms with van der Waals surface area (Å²) >= 11 is 3.12. The van der Waals surface area contributed by atoms with E-state index >= 15 is 0 Å². The Labute approximate surface area is 108 Å². The molecule has 0 aromatic carbocycles. The topological polar surface area (TPSA) is 80.1 Å². The molecule has 1 aliphatic rings. The van der Waals surface area contributed by atoms with Gasteiger partial charge in [-0.15, -0.1) is 5.10 Å². The van der Waals surface area contributed by atoms with E-state index in [0.29, 0.717) is 19.6 Å². The van der Waals surface area contributed by atoms with Crippen molar-refractivity contribution in [3.05, 3.63) is 4.60 Å². The van der Waals surface area contributed by atoms with Gasteiger partial charge < -0.3 is 5.32 Å².